The molecule has 6 aromatic rings. The number of rotatable bonds is 19. The largest absolute Gasteiger partial charge is 0.379 e. The molecule has 9 heterocycles. The Bertz CT molecular complexity index is 3760. The number of hydrogen-bond donors (Lipinski definition) is 6. The lowest BCUT2D eigenvalue weighted by atomic mass is 9.76. The number of nitrogens with zero attached hydrogens (tertiary/aromatic N) is 8. The van der Waals surface area contributed by atoms with E-state index in [1.807, 2.05) is 18.6 Å². The summed E-state index contributed by atoms with van der Waals surface area (Å²) in [4.78, 5) is 56.3. The number of aryl methyl sites for hydroxylation is 1. The summed E-state index contributed by atoms with van der Waals surface area (Å²) in [5.74, 6) is 0.511. The van der Waals surface area contributed by atoms with Gasteiger partial charge >= 0.3 is 0 Å². The van der Waals surface area contributed by atoms with Gasteiger partial charge in [-0.3, -0.25) is 39.2 Å². The van der Waals surface area contributed by atoms with Crippen LogP contribution in [-0.2, 0) is 66.1 Å². The van der Waals surface area contributed by atoms with E-state index in [-0.39, 0.29) is 59.9 Å². The van der Waals surface area contributed by atoms with Crippen molar-refractivity contribution in [1.82, 2.24) is 60.7 Å². The standard InChI is InChI=1S/C79H104N14O3/c1-89-30-11-17-61(89)41-75(94)87-70-36-53(33-55-44-85-58(39-68(55)70)47-91(3)72-21-7-13-50-16-8-26-81-77(50)72)64-23-25-74(79-66(64)20-10-28-83-79)93(5)48-59-40-69-56(45-86-59)34-54(37-71(69)88-76(95)42-62-18-12-31-90(62)2)63-22-24-73(78-65(63)19-9-27-82-78)92(4)46-57-38-67-51(14-6-15-52(67)43-84-57)35-60-49-96-32-29-80-60/h6,8-10,14-16,19-20,26-28,33-34,36-37,57-64,72-74,80,84-86H,7,11-13,17-18,21-25,29-32,35,38-49H2,1-5H3,(H,87,94)(H,88,95)/t57-,58-,59+,60?,61?,62?,63?,64?,72+,73+,74+/m1/s1. The number of likely N-dealkylation sites (N-methyl/N-ethyl adjacent to an activating group) is 3. The van der Waals surface area contributed by atoms with Crippen molar-refractivity contribution in [3.8, 4) is 0 Å². The SMILES string of the molecule is CN1CCCC1CC(=O)Nc1cc(C2CC[C@H](N(C)C[C@@H]3Cc4c(cc(C5CC[C@H](N(C)C[C@H]6Cc7c(cccc7CC7COCCN7)CN6)c6ncccc65)cc4NC(=O)CC4CCCN4C)CN3)c3ncccc32)cc2c1C[C@H](CN(C)[C@H]1CCCc3cccnc31)NC2. The predicted octanol–water partition coefficient (Wildman–Crippen LogP) is 9.50. The maximum absolute atomic E-state index is 14.4. The van der Waals surface area contributed by atoms with Crippen LogP contribution in [0.3, 0.4) is 0 Å². The van der Waals surface area contributed by atoms with E-state index in [0.717, 1.165) is 179 Å². The Morgan fingerprint density at radius 1 is 0.531 bits per heavy atom. The van der Waals surface area contributed by atoms with Gasteiger partial charge < -0.3 is 46.4 Å². The van der Waals surface area contributed by atoms with E-state index in [1.54, 1.807) is 0 Å². The van der Waals surface area contributed by atoms with Crippen LogP contribution in [0.1, 0.15) is 191 Å². The van der Waals surface area contributed by atoms with Crippen LogP contribution in [0.2, 0.25) is 0 Å². The van der Waals surface area contributed by atoms with Gasteiger partial charge in [0.25, 0.3) is 0 Å². The Hall–Kier alpha value is -6.35. The molecule has 3 aliphatic carbocycles. The highest BCUT2D eigenvalue weighted by molar-refractivity contribution is 5.93. The number of pyridine rings is 3. The van der Waals surface area contributed by atoms with E-state index < -0.39 is 0 Å². The zero-order chi connectivity index (χ0) is 65.4. The maximum atomic E-state index is 14.4. The number of ether oxygens (including phenoxy) is 1. The van der Waals surface area contributed by atoms with Crippen LogP contribution in [0.4, 0.5) is 11.4 Å². The first kappa shape index (κ1) is 65.6. The first-order valence-electron chi connectivity index (χ1n) is 36.8. The van der Waals surface area contributed by atoms with Crippen molar-refractivity contribution in [2.75, 3.05) is 98.4 Å². The van der Waals surface area contributed by atoms with Crippen molar-refractivity contribution in [2.24, 2.45) is 0 Å². The minimum Gasteiger partial charge on any atom is -0.379 e. The minimum absolute atomic E-state index is 0.103. The van der Waals surface area contributed by atoms with Crippen molar-refractivity contribution in [1.29, 1.82) is 0 Å². The van der Waals surface area contributed by atoms with Gasteiger partial charge in [-0.1, -0.05) is 48.5 Å². The van der Waals surface area contributed by atoms with Crippen molar-refractivity contribution in [3.63, 3.8) is 0 Å². The lowest BCUT2D eigenvalue weighted by Crippen LogP contribution is -2.46. The fraction of sp³-hybridized carbons (Fsp3) is 0.557. The van der Waals surface area contributed by atoms with Crippen LogP contribution >= 0.6 is 0 Å². The van der Waals surface area contributed by atoms with Crippen molar-refractivity contribution >= 4 is 23.2 Å². The molecule has 0 bridgehead atoms. The molecule has 0 spiro atoms. The Labute approximate surface area is 570 Å². The number of carbonyl (C=O) groups is 2. The third-order valence-electron chi connectivity index (χ3n) is 24.1. The summed E-state index contributed by atoms with van der Waals surface area (Å²) < 4.78 is 5.85. The van der Waals surface area contributed by atoms with Gasteiger partial charge in [0, 0.05) is 137 Å². The fourth-order valence-electron chi connectivity index (χ4n) is 18.9. The molecule has 6 N–H and O–H groups in total. The summed E-state index contributed by atoms with van der Waals surface area (Å²) >= 11 is 0. The molecular formula is C79H104N14O3. The van der Waals surface area contributed by atoms with Gasteiger partial charge in [-0.05, 0) is 242 Å². The van der Waals surface area contributed by atoms with E-state index in [1.165, 1.54) is 84.6 Å². The first-order valence-corrected chi connectivity index (χ1v) is 36.8. The Morgan fingerprint density at radius 2 is 1.03 bits per heavy atom. The highest BCUT2D eigenvalue weighted by Crippen LogP contribution is 2.47. The zero-order valence-corrected chi connectivity index (χ0v) is 57.7. The average molecular weight is 1300 g/mol. The molecule has 6 aliphatic heterocycles. The summed E-state index contributed by atoms with van der Waals surface area (Å²) in [6.07, 6.45) is 22.3. The molecule has 3 saturated heterocycles. The maximum Gasteiger partial charge on any atom is 0.225 e. The third-order valence-corrected chi connectivity index (χ3v) is 24.1. The Balaban J connectivity index is 0.649. The Kier molecular flexibility index (Phi) is 20.0. The second-order valence-electron chi connectivity index (χ2n) is 30.3. The van der Waals surface area contributed by atoms with E-state index in [4.69, 9.17) is 19.7 Å². The molecule has 9 aliphatic rings. The summed E-state index contributed by atoms with van der Waals surface area (Å²) in [6.45, 7) is 9.61. The number of hydrogen-bond acceptors (Lipinski definition) is 15. The summed E-state index contributed by atoms with van der Waals surface area (Å²) in [7, 11) is 11.2. The number of amides is 2. The third kappa shape index (κ3) is 14.2. The molecule has 2 amide bonds. The number of carbonyl (C=O) groups excluding carboxylic acids is 2. The summed E-state index contributed by atoms with van der Waals surface area (Å²) in [6, 6.07) is 31.9. The molecule has 3 fully saturated rings. The van der Waals surface area contributed by atoms with Crippen LogP contribution in [0.5, 0.6) is 0 Å². The van der Waals surface area contributed by atoms with Crippen LogP contribution < -0.4 is 31.9 Å². The van der Waals surface area contributed by atoms with Gasteiger partial charge in [0.2, 0.25) is 11.8 Å². The predicted molar refractivity (Wildman–Crippen MR) is 380 cm³/mol. The van der Waals surface area contributed by atoms with Crippen LogP contribution in [0.15, 0.2) is 97.5 Å². The quantitative estimate of drug-likeness (QED) is 0.0453. The van der Waals surface area contributed by atoms with Crippen LogP contribution in [-0.4, -0.2) is 175 Å². The molecule has 0 saturated carbocycles. The second kappa shape index (κ2) is 29.2. The zero-order valence-electron chi connectivity index (χ0n) is 57.7. The van der Waals surface area contributed by atoms with Gasteiger partial charge in [-0.15, -0.1) is 0 Å². The molecule has 5 unspecified atom stereocenters. The van der Waals surface area contributed by atoms with Crippen LogP contribution in [0.25, 0.3) is 0 Å². The second-order valence-corrected chi connectivity index (χ2v) is 30.3. The number of morpholine rings is 1. The van der Waals surface area contributed by atoms with Crippen molar-refractivity contribution in [3.05, 3.63) is 181 Å². The number of likely N-dealkylation sites (tertiary alicyclic amines) is 2. The molecular weight excluding hydrogens is 1190 g/mol. The highest BCUT2D eigenvalue weighted by Gasteiger charge is 2.39. The summed E-state index contributed by atoms with van der Waals surface area (Å²) in [5, 5.41) is 22.7. The lowest BCUT2D eigenvalue weighted by Gasteiger charge is -2.40. The van der Waals surface area contributed by atoms with Crippen molar-refractivity contribution in [2.45, 2.75) is 195 Å². The van der Waals surface area contributed by atoms with E-state index in [0.29, 0.717) is 31.0 Å². The first-order chi connectivity index (χ1) is 46.9. The number of anilines is 2. The smallest absolute Gasteiger partial charge is 0.225 e. The van der Waals surface area contributed by atoms with Gasteiger partial charge in [-0.2, -0.15) is 0 Å². The molecule has 0 radical (unpaired) electrons. The summed E-state index contributed by atoms with van der Waals surface area (Å²) in [5.41, 5.74) is 21.5. The fourth-order valence-corrected chi connectivity index (χ4v) is 18.9. The molecule has 15 rings (SSSR count). The van der Waals surface area contributed by atoms with E-state index in [2.05, 4.69) is 171 Å². The van der Waals surface area contributed by atoms with Gasteiger partial charge in [0.15, 0.2) is 0 Å². The molecule has 96 heavy (non-hydrogen) atoms. The average Bonchev–Trinajstić information content (AvgIpc) is 2.07. The Morgan fingerprint density at radius 3 is 1.55 bits per heavy atom. The van der Waals surface area contributed by atoms with Crippen LogP contribution in [0, 0.1) is 0 Å². The number of aromatic nitrogens is 3. The van der Waals surface area contributed by atoms with Gasteiger partial charge in [0.1, 0.15) is 0 Å². The molecule has 17 heteroatoms. The normalized spacial score (nSPS) is 27.4. The van der Waals surface area contributed by atoms with Crippen molar-refractivity contribution < 1.29 is 14.3 Å². The van der Waals surface area contributed by atoms with Gasteiger partial charge in [-0.25, -0.2) is 0 Å². The topological polar surface area (TPSA) is 170 Å². The molecule has 11 atom stereocenters. The minimum atomic E-state index is 0.103. The number of benzene rings is 3. The van der Waals surface area contributed by atoms with E-state index >= 15 is 0 Å². The molecule has 3 aromatic heterocycles. The lowest BCUT2D eigenvalue weighted by molar-refractivity contribution is -0.118. The molecule has 17 nitrogen and oxygen atoms in total. The number of fused-ring (bicyclic) bond motifs is 6. The molecule has 508 valence electrons. The van der Waals surface area contributed by atoms with E-state index in [9.17, 15) is 9.59 Å². The molecule has 3 aromatic carbocycles. The monoisotopic (exact) mass is 1300 g/mol. The highest BCUT2D eigenvalue weighted by atomic mass is 16.5. The van der Waals surface area contributed by atoms with Gasteiger partial charge in [0.05, 0.1) is 48.4 Å². The number of nitrogens with one attached hydrogen (secondary N) is 6.